The van der Waals surface area contributed by atoms with Crippen molar-refractivity contribution >= 4 is 41.0 Å². The van der Waals surface area contributed by atoms with Gasteiger partial charge in [-0.2, -0.15) is 0 Å². The number of carbonyl (C=O) groups excluding carboxylic acids is 1. The van der Waals surface area contributed by atoms with E-state index in [1.807, 2.05) is 65.0 Å². The molecule has 2 aromatic heterocycles. The van der Waals surface area contributed by atoms with Crippen LogP contribution >= 0.6 is 35.1 Å². The summed E-state index contributed by atoms with van der Waals surface area (Å²) >= 11 is 3.35. The number of carbonyl (C=O) groups is 1. The monoisotopic (exact) mass is 406 g/mol. The van der Waals surface area contributed by atoms with Crippen molar-refractivity contribution in [2.45, 2.75) is 26.1 Å². The molecule has 0 saturated carbocycles. The lowest BCUT2D eigenvalue weighted by atomic mass is 9.94. The summed E-state index contributed by atoms with van der Waals surface area (Å²) in [7, 11) is 0. The molecule has 2 atom stereocenters. The second-order valence-corrected chi connectivity index (χ2v) is 8.14. The standard InChI is InChI=1S/C20H22N2OS2.ClH/c1-15(19(21)16-7-3-2-4-8-16)20(23)22(13-17-9-5-11-24-17)14-18-10-6-12-25-18;/h2-12,15,19H,13-14,21H2,1H3;1H. The third-order valence-electron chi connectivity index (χ3n) is 4.28. The van der Waals surface area contributed by atoms with Crippen LogP contribution in [0.15, 0.2) is 65.4 Å². The molecule has 6 heteroatoms. The number of rotatable bonds is 7. The molecule has 2 unspecified atom stereocenters. The molecule has 0 fully saturated rings. The fraction of sp³-hybridized carbons (Fsp3) is 0.250. The predicted molar refractivity (Wildman–Crippen MR) is 113 cm³/mol. The SMILES string of the molecule is CC(C(=O)N(Cc1cccs1)Cc1cccs1)C(N)c1ccccc1.Cl. The molecular formula is C20H23ClN2OS2. The van der Waals surface area contributed by atoms with E-state index in [1.165, 1.54) is 9.75 Å². The number of hydrogen-bond acceptors (Lipinski definition) is 4. The Morgan fingerprint density at radius 2 is 1.50 bits per heavy atom. The molecule has 1 aromatic carbocycles. The van der Waals surface area contributed by atoms with Gasteiger partial charge in [-0.05, 0) is 28.5 Å². The maximum absolute atomic E-state index is 13.2. The minimum absolute atomic E-state index is 0. The average molecular weight is 407 g/mol. The second kappa shape index (κ2) is 9.88. The van der Waals surface area contributed by atoms with Gasteiger partial charge in [0, 0.05) is 15.8 Å². The first kappa shape index (κ1) is 20.6. The zero-order valence-corrected chi connectivity index (χ0v) is 17.0. The van der Waals surface area contributed by atoms with Gasteiger partial charge in [0.25, 0.3) is 0 Å². The second-order valence-electron chi connectivity index (χ2n) is 6.08. The van der Waals surface area contributed by atoms with E-state index < -0.39 is 0 Å². The minimum atomic E-state index is -0.303. The predicted octanol–water partition coefficient (Wildman–Crippen LogP) is 5.10. The van der Waals surface area contributed by atoms with E-state index in [0.29, 0.717) is 13.1 Å². The topological polar surface area (TPSA) is 46.3 Å². The molecule has 0 aliphatic heterocycles. The summed E-state index contributed by atoms with van der Waals surface area (Å²) in [4.78, 5) is 17.5. The summed E-state index contributed by atoms with van der Waals surface area (Å²) in [5, 5.41) is 4.09. The van der Waals surface area contributed by atoms with Crippen molar-refractivity contribution in [1.82, 2.24) is 4.90 Å². The lowest BCUT2D eigenvalue weighted by Crippen LogP contribution is -2.38. The molecule has 0 bridgehead atoms. The van der Waals surface area contributed by atoms with E-state index in [9.17, 15) is 4.79 Å². The highest BCUT2D eigenvalue weighted by molar-refractivity contribution is 7.10. The Balaban J connectivity index is 0.00000243. The highest BCUT2D eigenvalue weighted by atomic mass is 35.5. The molecule has 3 nitrogen and oxygen atoms in total. The smallest absolute Gasteiger partial charge is 0.227 e. The number of hydrogen-bond donors (Lipinski definition) is 1. The van der Waals surface area contributed by atoms with E-state index >= 15 is 0 Å². The molecule has 0 radical (unpaired) electrons. The van der Waals surface area contributed by atoms with Crippen LogP contribution in [0.4, 0.5) is 0 Å². The van der Waals surface area contributed by atoms with Crippen molar-refractivity contribution in [3.05, 3.63) is 80.7 Å². The molecule has 26 heavy (non-hydrogen) atoms. The molecule has 0 saturated heterocycles. The number of nitrogens with zero attached hydrogens (tertiary/aromatic N) is 1. The highest BCUT2D eigenvalue weighted by Crippen LogP contribution is 2.24. The van der Waals surface area contributed by atoms with Crippen LogP contribution < -0.4 is 5.73 Å². The maximum atomic E-state index is 13.2. The molecular weight excluding hydrogens is 384 g/mol. The number of halogens is 1. The summed E-state index contributed by atoms with van der Waals surface area (Å²) in [6, 6.07) is 17.7. The van der Waals surface area contributed by atoms with Gasteiger partial charge in [0.05, 0.1) is 19.0 Å². The van der Waals surface area contributed by atoms with E-state index in [0.717, 1.165) is 5.56 Å². The molecule has 0 spiro atoms. The lowest BCUT2D eigenvalue weighted by molar-refractivity contribution is -0.136. The molecule has 1 amide bonds. The molecule has 2 N–H and O–H groups in total. The number of thiophene rings is 2. The zero-order chi connectivity index (χ0) is 17.6. The fourth-order valence-electron chi connectivity index (χ4n) is 2.80. The van der Waals surface area contributed by atoms with Crippen molar-refractivity contribution in [1.29, 1.82) is 0 Å². The Hall–Kier alpha value is -1.66. The minimum Gasteiger partial charge on any atom is -0.332 e. The third-order valence-corrected chi connectivity index (χ3v) is 6.00. The molecule has 3 rings (SSSR count). The lowest BCUT2D eigenvalue weighted by Gasteiger charge is -2.28. The van der Waals surface area contributed by atoms with Gasteiger partial charge in [0.1, 0.15) is 0 Å². The average Bonchev–Trinajstić information content (AvgIpc) is 3.34. The zero-order valence-electron chi connectivity index (χ0n) is 14.6. The molecule has 2 heterocycles. The first-order valence-corrected chi connectivity index (χ1v) is 10.0. The summed E-state index contributed by atoms with van der Waals surface area (Å²) in [6.45, 7) is 3.18. The van der Waals surface area contributed by atoms with Crippen molar-refractivity contribution in [3.8, 4) is 0 Å². The van der Waals surface area contributed by atoms with Gasteiger partial charge in [-0.1, -0.05) is 49.4 Å². The van der Waals surface area contributed by atoms with E-state index in [1.54, 1.807) is 22.7 Å². The van der Waals surface area contributed by atoms with Crippen LogP contribution in [0.1, 0.15) is 28.3 Å². The maximum Gasteiger partial charge on any atom is 0.227 e. The van der Waals surface area contributed by atoms with E-state index in [4.69, 9.17) is 5.73 Å². The molecule has 3 aromatic rings. The molecule has 138 valence electrons. The first-order valence-electron chi connectivity index (χ1n) is 8.29. The Bertz CT molecular complexity index is 739. The fourth-order valence-corrected chi connectivity index (χ4v) is 4.24. The van der Waals surface area contributed by atoms with Crippen LogP contribution in [0.3, 0.4) is 0 Å². The van der Waals surface area contributed by atoms with Gasteiger partial charge in [-0.3, -0.25) is 4.79 Å². The van der Waals surface area contributed by atoms with Crippen molar-refractivity contribution < 1.29 is 4.79 Å². The summed E-state index contributed by atoms with van der Waals surface area (Å²) in [6.07, 6.45) is 0. The van der Waals surface area contributed by atoms with Crippen LogP contribution in [-0.4, -0.2) is 10.8 Å². The molecule has 0 aliphatic rings. The van der Waals surface area contributed by atoms with Crippen LogP contribution in [0.5, 0.6) is 0 Å². The molecule has 0 aliphatic carbocycles. The number of benzene rings is 1. The van der Waals surface area contributed by atoms with Crippen LogP contribution in [0.2, 0.25) is 0 Å². The summed E-state index contributed by atoms with van der Waals surface area (Å²) in [5.74, 6) is -0.180. The normalized spacial score (nSPS) is 12.8. The Morgan fingerprint density at radius 1 is 0.962 bits per heavy atom. The van der Waals surface area contributed by atoms with Gasteiger partial charge >= 0.3 is 0 Å². The largest absolute Gasteiger partial charge is 0.332 e. The Morgan fingerprint density at radius 3 is 1.96 bits per heavy atom. The van der Waals surface area contributed by atoms with Gasteiger partial charge < -0.3 is 10.6 Å². The van der Waals surface area contributed by atoms with Gasteiger partial charge in [-0.25, -0.2) is 0 Å². The summed E-state index contributed by atoms with van der Waals surface area (Å²) in [5.41, 5.74) is 7.38. The third kappa shape index (κ3) is 5.17. The highest BCUT2D eigenvalue weighted by Gasteiger charge is 2.27. The quantitative estimate of drug-likeness (QED) is 0.593. The van der Waals surface area contributed by atoms with E-state index in [2.05, 4.69) is 12.1 Å². The van der Waals surface area contributed by atoms with Gasteiger partial charge in [-0.15, -0.1) is 35.1 Å². The van der Waals surface area contributed by atoms with Crippen LogP contribution in [-0.2, 0) is 17.9 Å². The van der Waals surface area contributed by atoms with E-state index in [-0.39, 0.29) is 30.3 Å². The first-order chi connectivity index (χ1) is 12.1. The number of amides is 1. The van der Waals surface area contributed by atoms with Gasteiger partial charge in [0.2, 0.25) is 5.91 Å². The Kier molecular flexibility index (Phi) is 7.85. The van der Waals surface area contributed by atoms with Crippen molar-refractivity contribution in [3.63, 3.8) is 0 Å². The van der Waals surface area contributed by atoms with Crippen molar-refractivity contribution in [2.24, 2.45) is 11.7 Å². The van der Waals surface area contributed by atoms with Crippen LogP contribution in [0, 0.1) is 5.92 Å². The summed E-state index contributed by atoms with van der Waals surface area (Å²) < 4.78 is 0. The van der Waals surface area contributed by atoms with Crippen LogP contribution in [0.25, 0.3) is 0 Å². The Labute approximate surface area is 168 Å². The number of nitrogens with two attached hydrogens (primary N) is 1. The van der Waals surface area contributed by atoms with Crippen molar-refractivity contribution in [2.75, 3.05) is 0 Å². The van der Waals surface area contributed by atoms with Gasteiger partial charge in [0.15, 0.2) is 0 Å².